The van der Waals surface area contributed by atoms with E-state index in [2.05, 4.69) is 40.7 Å². The van der Waals surface area contributed by atoms with Crippen molar-refractivity contribution in [1.29, 1.82) is 0 Å². The van der Waals surface area contributed by atoms with Crippen LogP contribution in [0.4, 0.5) is 0 Å². The molecule has 4 aliphatic heterocycles. The van der Waals surface area contributed by atoms with Crippen molar-refractivity contribution < 1.29 is 109 Å². The maximum Gasteiger partial charge on any atom is 0.315 e. The molecular weight excluding hydrogens is 989 g/mol. The van der Waals surface area contributed by atoms with Gasteiger partial charge < -0.3 is 104 Å². The van der Waals surface area contributed by atoms with Crippen LogP contribution in [0.15, 0.2) is 11.6 Å². The molecule has 0 bridgehead atoms. The summed E-state index contributed by atoms with van der Waals surface area (Å²) in [6.07, 6.45) is -21.5. The van der Waals surface area contributed by atoms with Crippen molar-refractivity contribution >= 4 is 5.97 Å². The smallest absolute Gasteiger partial charge is 0.315 e. The molecule has 9 aliphatic rings. The molecule has 0 radical (unpaired) electrons. The fourth-order valence-electron chi connectivity index (χ4n) is 16.2. The van der Waals surface area contributed by atoms with Crippen LogP contribution in [0.5, 0.6) is 0 Å². The Morgan fingerprint density at radius 2 is 1.21 bits per heavy atom. The van der Waals surface area contributed by atoms with E-state index in [1.807, 2.05) is 6.92 Å². The summed E-state index contributed by atoms with van der Waals surface area (Å²) in [6, 6.07) is 0. The van der Waals surface area contributed by atoms with Gasteiger partial charge in [0.05, 0.1) is 44.1 Å². The van der Waals surface area contributed by atoms with E-state index in [1.54, 1.807) is 0 Å². The van der Waals surface area contributed by atoms with Crippen LogP contribution in [-0.2, 0) is 42.7 Å². The van der Waals surface area contributed by atoms with Gasteiger partial charge in [-0.05, 0) is 111 Å². The lowest BCUT2D eigenvalue weighted by molar-refractivity contribution is -0.383. The SMILES string of the molecule is CC1OC(OC2C(OC3CCC4(C)C(CCC5(C)C4CC=C4C6CC(C)(C)CCC6(C(=O)OC6OC(CO)C(O)C(O)C6O)CCC45C)C3(C)CO)OCC(O)C2O)C(O)C(OC2OC(CO)C(O)C(O)C2O)C1O. The van der Waals surface area contributed by atoms with Gasteiger partial charge in [-0.2, -0.15) is 0 Å². The number of esters is 1. The minimum absolute atomic E-state index is 0.0696. The maximum absolute atomic E-state index is 14.8. The van der Waals surface area contributed by atoms with Gasteiger partial charge in [0.2, 0.25) is 6.29 Å². The van der Waals surface area contributed by atoms with Gasteiger partial charge in [-0.3, -0.25) is 4.79 Å². The highest BCUT2D eigenvalue weighted by molar-refractivity contribution is 5.79. The van der Waals surface area contributed by atoms with Gasteiger partial charge in [-0.25, -0.2) is 0 Å². The molecular formula is C53H86O22. The molecule has 9 rings (SSSR count). The first kappa shape index (κ1) is 58.1. The molecule has 4 saturated carbocycles. The van der Waals surface area contributed by atoms with E-state index in [9.17, 15) is 71.2 Å². The first-order valence-corrected chi connectivity index (χ1v) is 27.3. The number of fused-ring (bicyclic) bond motifs is 7. The Balaban J connectivity index is 0.936. The van der Waals surface area contributed by atoms with Gasteiger partial charge in [0.1, 0.15) is 85.5 Å². The van der Waals surface area contributed by atoms with Gasteiger partial charge in [-0.15, -0.1) is 0 Å². The summed E-state index contributed by atoms with van der Waals surface area (Å²) < 4.78 is 47.9. The average Bonchev–Trinajstić information content (AvgIpc) is 3.37. The first-order chi connectivity index (χ1) is 35.2. The maximum atomic E-state index is 14.8. The molecule has 5 aliphatic carbocycles. The second-order valence-electron chi connectivity index (χ2n) is 25.7. The monoisotopic (exact) mass is 1070 g/mol. The summed E-state index contributed by atoms with van der Waals surface area (Å²) >= 11 is 0. The molecule has 0 aromatic carbocycles. The van der Waals surface area contributed by atoms with E-state index < -0.39 is 153 Å². The van der Waals surface area contributed by atoms with Crippen molar-refractivity contribution in [1.82, 2.24) is 0 Å². The normalized spacial score (nSPS) is 54.8. The van der Waals surface area contributed by atoms with Crippen molar-refractivity contribution in [2.45, 2.75) is 235 Å². The summed E-state index contributed by atoms with van der Waals surface area (Å²) in [5.74, 6) is -0.636. The van der Waals surface area contributed by atoms with E-state index in [0.717, 1.165) is 32.1 Å². The lowest BCUT2D eigenvalue weighted by Crippen LogP contribution is -2.67. The van der Waals surface area contributed by atoms with Crippen LogP contribution in [0, 0.1) is 50.2 Å². The van der Waals surface area contributed by atoms with Crippen LogP contribution in [-0.4, -0.2) is 222 Å². The van der Waals surface area contributed by atoms with Crippen molar-refractivity contribution in [2.24, 2.45) is 50.2 Å². The van der Waals surface area contributed by atoms with Gasteiger partial charge in [-0.1, -0.05) is 53.2 Å². The summed E-state index contributed by atoms with van der Waals surface area (Å²) in [4.78, 5) is 14.8. The highest BCUT2D eigenvalue weighted by Crippen LogP contribution is 2.76. The molecule has 4 saturated heterocycles. The predicted octanol–water partition coefficient (Wildman–Crippen LogP) is -1.40. The molecule has 0 amide bonds. The molecule has 4 heterocycles. The van der Waals surface area contributed by atoms with Crippen LogP contribution in [0.3, 0.4) is 0 Å². The zero-order valence-corrected chi connectivity index (χ0v) is 44.2. The van der Waals surface area contributed by atoms with Crippen LogP contribution < -0.4 is 0 Å². The third-order valence-electron chi connectivity index (χ3n) is 21.1. The van der Waals surface area contributed by atoms with Gasteiger partial charge in [0.15, 0.2) is 18.9 Å². The number of rotatable bonds is 11. The second kappa shape index (κ2) is 21.1. The summed E-state index contributed by atoms with van der Waals surface area (Å²) in [5, 5.41) is 139. The number of aliphatic hydroxyl groups is 13. The summed E-state index contributed by atoms with van der Waals surface area (Å²) in [6.45, 7) is 13.0. The van der Waals surface area contributed by atoms with Crippen LogP contribution in [0.25, 0.3) is 0 Å². The molecule has 22 heteroatoms. The molecule has 22 nitrogen and oxygen atoms in total. The third kappa shape index (κ3) is 9.40. The standard InChI is InChI=1S/C53H86O22/c1-23-32(58)41(73-43-38(64)36(62)34(60)27(19-54)70-43)40(66)45(69-23)74-42-33(59)26(57)21-68-46(42)72-31-11-12-49(4)29(50(31,5)22-56)10-13-52(7)30(49)9-8-24-25-18-48(2,3)14-16-53(25,17-15-51(24,52)6)47(67)75-44-39(65)37(63)35(61)28(20-55)71-44/h8,23,25-46,54-66H,9-22H2,1-7H3. The third-order valence-corrected chi connectivity index (χ3v) is 21.1. The largest absolute Gasteiger partial charge is 0.432 e. The van der Waals surface area contributed by atoms with E-state index in [-0.39, 0.29) is 52.6 Å². The predicted molar refractivity (Wildman–Crippen MR) is 257 cm³/mol. The van der Waals surface area contributed by atoms with E-state index >= 15 is 0 Å². The highest BCUT2D eigenvalue weighted by atomic mass is 16.8. The van der Waals surface area contributed by atoms with Gasteiger partial charge in [0, 0.05) is 5.41 Å². The molecule has 75 heavy (non-hydrogen) atoms. The molecule has 28 atom stereocenters. The molecule has 28 unspecified atom stereocenters. The Bertz CT molecular complexity index is 2060. The highest BCUT2D eigenvalue weighted by Gasteiger charge is 2.71. The molecule has 13 N–H and O–H groups in total. The Morgan fingerprint density at radius 1 is 0.613 bits per heavy atom. The Labute approximate surface area is 437 Å². The minimum Gasteiger partial charge on any atom is -0.432 e. The van der Waals surface area contributed by atoms with Crippen LogP contribution >= 0.6 is 0 Å². The fourth-order valence-corrected chi connectivity index (χ4v) is 16.2. The van der Waals surface area contributed by atoms with Crippen LogP contribution in [0.1, 0.15) is 113 Å². The van der Waals surface area contributed by atoms with E-state index in [4.69, 9.17) is 37.9 Å². The molecule has 430 valence electrons. The topological polar surface area (TPSA) is 354 Å². The lowest BCUT2D eigenvalue weighted by atomic mass is 9.33. The number of carbonyl (C=O) groups is 1. The van der Waals surface area contributed by atoms with Gasteiger partial charge in [0.25, 0.3) is 0 Å². The minimum atomic E-state index is -1.85. The summed E-state index contributed by atoms with van der Waals surface area (Å²) in [5.41, 5.74) is -1.57. The number of hydrogen-bond donors (Lipinski definition) is 13. The number of aliphatic hydroxyl groups excluding tert-OH is 13. The van der Waals surface area contributed by atoms with E-state index in [0.29, 0.717) is 32.1 Å². The molecule has 0 spiro atoms. The Kier molecular flexibility index (Phi) is 16.3. The van der Waals surface area contributed by atoms with Crippen molar-refractivity contribution in [3.05, 3.63) is 11.6 Å². The van der Waals surface area contributed by atoms with Crippen LogP contribution in [0.2, 0.25) is 0 Å². The zero-order chi connectivity index (χ0) is 54.7. The number of allylic oxidation sites excluding steroid dienone is 2. The second-order valence-corrected chi connectivity index (χ2v) is 25.7. The zero-order valence-electron chi connectivity index (χ0n) is 44.2. The number of carbonyl (C=O) groups excluding carboxylic acids is 1. The average molecular weight is 1080 g/mol. The lowest BCUT2D eigenvalue weighted by Gasteiger charge is -2.71. The van der Waals surface area contributed by atoms with Crippen molar-refractivity contribution in [2.75, 3.05) is 26.4 Å². The number of hydrogen-bond acceptors (Lipinski definition) is 22. The van der Waals surface area contributed by atoms with Crippen molar-refractivity contribution in [3.63, 3.8) is 0 Å². The van der Waals surface area contributed by atoms with Gasteiger partial charge >= 0.3 is 5.97 Å². The van der Waals surface area contributed by atoms with E-state index in [1.165, 1.54) is 12.5 Å². The molecule has 0 aromatic heterocycles. The summed E-state index contributed by atoms with van der Waals surface area (Å²) in [7, 11) is 0. The Morgan fingerprint density at radius 3 is 1.85 bits per heavy atom. The first-order valence-electron chi connectivity index (χ1n) is 27.3. The molecule has 8 fully saturated rings. The molecule has 0 aromatic rings. The fraction of sp³-hybridized carbons (Fsp3) is 0.943. The Hall–Kier alpha value is -1.59. The number of ether oxygens (including phenoxy) is 8. The van der Waals surface area contributed by atoms with Crippen molar-refractivity contribution in [3.8, 4) is 0 Å². The quantitative estimate of drug-likeness (QED) is 0.0643.